The van der Waals surface area contributed by atoms with Crippen molar-refractivity contribution in [2.75, 3.05) is 0 Å². The molecule has 0 radical (unpaired) electrons. The maximum Gasteiger partial charge on any atom is 0.130 e. The van der Waals surface area contributed by atoms with Gasteiger partial charge in [0.15, 0.2) is 0 Å². The van der Waals surface area contributed by atoms with Crippen LogP contribution in [-0.2, 0) is 19.6 Å². The van der Waals surface area contributed by atoms with Gasteiger partial charge in [-0.15, -0.1) is 0 Å². The predicted octanol–water partition coefficient (Wildman–Crippen LogP) is 7.03. The van der Waals surface area contributed by atoms with E-state index in [1.54, 1.807) is 0 Å². The third-order valence-corrected chi connectivity index (χ3v) is 5.87. The molecule has 154 valence electrons. The molecular weight excluding hydrogens is 404 g/mol. The zero-order valence-electron chi connectivity index (χ0n) is 17.4. The molecule has 0 saturated heterocycles. The monoisotopic (exact) mass is 426 g/mol. The number of ether oxygens (including phenoxy) is 1. The minimum absolute atomic E-state index is 0.447. The number of para-hydroxylation sites is 1. The second kappa shape index (κ2) is 8.44. The van der Waals surface area contributed by atoms with E-state index in [0.29, 0.717) is 6.61 Å². The van der Waals surface area contributed by atoms with Crippen molar-refractivity contribution in [1.29, 1.82) is 0 Å². The molecule has 0 aliphatic rings. The van der Waals surface area contributed by atoms with E-state index < -0.39 is 0 Å². The van der Waals surface area contributed by atoms with E-state index in [2.05, 4.69) is 54.0 Å². The Morgan fingerprint density at radius 1 is 0.871 bits per heavy atom. The molecule has 0 amide bonds. The number of nitrogens with zero attached hydrogens (tertiary/aromatic N) is 2. The van der Waals surface area contributed by atoms with Crippen LogP contribution in [0.4, 0.5) is 0 Å². The summed E-state index contributed by atoms with van der Waals surface area (Å²) < 4.78 is 8.45. The topological polar surface area (TPSA) is 27.1 Å². The lowest BCUT2D eigenvalue weighted by Crippen LogP contribution is -2.03. The molecule has 3 nitrogen and oxygen atoms in total. The highest BCUT2D eigenvalue weighted by atomic mass is 35.5. The van der Waals surface area contributed by atoms with Gasteiger partial charge in [0.2, 0.25) is 0 Å². The van der Waals surface area contributed by atoms with Crippen molar-refractivity contribution in [2.45, 2.75) is 26.5 Å². The van der Waals surface area contributed by atoms with E-state index in [1.807, 2.05) is 42.5 Å². The molecule has 5 rings (SSSR count). The largest absolute Gasteiger partial charge is 0.487 e. The molecule has 0 aliphatic carbocycles. The van der Waals surface area contributed by atoms with Gasteiger partial charge < -0.3 is 9.30 Å². The normalized spacial score (nSPS) is 11.3. The number of hydrogen-bond donors (Lipinski definition) is 0. The lowest BCUT2D eigenvalue weighted by molar-refractivity contribution is 0.302. The summed E-state index contributed by atoms with van der Waals surface area (Å²) in [5.41, 5.74) is 5.67. The summed E-state index contributed by atoms with van der Waals surface area (Å²) >= 11 is 6.04. The van der Waals surface area contributed by atoms with Gasteiger partial charge in [-0.2, -0.15) is 0 Å². The molecule has 0 atom stereocenters. The first-order valence-electron chi connectivity index (χ1n) is 10.5. The van der Waals surface area contributed by atoms with Crippen molar-refractivity contribution in [1.82, 2.24) is 9.55 Å². The number of pyridine rings is 1. The Morgan fingerprint density at radius 2 is 1.71 bits per heavy atom. The van der Waals surface area contributed by atoms with Gasteiger partial charge in [-0.05, 0) is 60.5 Å². The molecule has 0 unspecified atom stereocenters. The molecular formula is C27H23ClN2O. The minimum atomic E-state index is 0.447. The third-order valence-electron chi connectivity index (χ3n) is 5.62. The van der Waals surface area contributed by atoms with E-state index in [0.717, 1.165) is 40.3 Å². The highest BCUT2D eigenvalue weighted by molar-refractivity contribution is 6.30. The molecule has 0 saturated carbocycles. The fourth-order valence-electron chi connectivity index (χ4n) is 3.99. The molecule has 2 aromatic heterocycles. The first kappa shape index (κ1) is 19.7. The Morgan fingerprint density at radius 3 is 2.55 bits per heavy atom. The number of rotatable bonds is 6. The second-order valence-corrected chi connectivity index (χ2v) is 8.14. The van der Waals surface area contributed by atoms with Crippen molar-refractivity contribution < 1.29 is 4.74 Å². The summed E-state index contributed by atoms with van der Waals surface area (Å²) in [6.07, 6.45) is 0.972. The summed E-state index contributed by atoms with van der Waals surface area (Å²) in [6, 6.07) is 28.9. The van der Waals surface area contributed by atoms with Crippen LogP contribution in [0.1, 0.15) is 23.9 Å². The first-order valence-corrected chi connectivity index (χ1v) is 10.9. The maximum absolute atomic E-state index is 6.08. The number of fused-ring (bicyclic) bond motifs is 2. The Bertz CT molecular complexity index is 1360. The molecule has 0 N–H and O–H groups in total. The lowest BCUT2D eigenvalue weighted by atomic mass is 10.2. The average Bonchev–Trinajstić information content (AvgIpc) is 3.15. The third kappa shape index (κ3) is 4.14. The number of benzene rings is 3. The Hall–Kier alpha value is -3.30. The summed E-state index contributed by atoms with van der Waals surface area (Å²) in [6.45, 7) is 3.46. The summed E-state index contributed by atoms with van der Waals surface area (Å²) in [7, 11) is 0. The second-order valence-electron chi connectivity index (χ2n) is 7.71. The van der Waals surface area contributed by atoms with Crippen LogP contribution in [0.3, 0.4) is 0 Å². The molecule has 2 heterocycles. The molecule has 31 heavy (non-hydrogen) atoms. The van der Waals surface area contributed by atoms with E-state index in [9.17, 15) is 0 Å². The first-order chi connectivity index (χ1) is 15.2. The SMILES string of the molecule is CCc1cc2cc(OCc3ccc4ccccc4n3)ccc2n1Cc1ccc(Cl)cc1. The van der Waals surface area contributed by atoms with Crippen LogP contribution in [0.5, 0.6) is 5.75 Å². The van der Waals surface area contributed by atoms with E-state index in [-0.39, 0.29) is 0 Å². The number of aryl methyl sites for hydroxylation is 1. The highest BCUT2D eigenvalue weighted by Crippen LogP contribution is 2.27. The van der Waals surface area contributed by atoms with Gasteiger partial charge in [-0.1, -0.05) is 54.9 Å². The smallest absolute Gasteiger partial charge is 0.130 e. The van der Waals surface area contributed by atoms with Crippen molar-refractivity contribution in [3.8, 4) is 5.75 Å². The fourth-order valence-corrected chi connectivity index (χ4v) is 4.12. The molecule has 3 aromatic carbocycles. The molecule has 5 aromatic rings. The van der Waals surface area contributed by atoms with Crippen molar-refractivity contribution in [3.05, 3.63) is 107 Å². The number of halogens is 1. The van der Waals surface area contributed by atoms with Crippen LogP contribution in [0.25, 0.3) is 21.8 Å². The number of hydrogen-bond acceptors (Lipinski definition) is 2. The van der Waals surface area contributed by atoms with Crippen molar-refractivity contribution >= 4 is 33.4 Å². The Balaban J connectivity index is 1.38. The van der Waals surface area contributed by atoms with E-state index in [4.69, 9.17) is 21.3 Å². The van der Waals surface area contributed by atoms with E-state index >= 15 is 0 Å². The summed E-state index contributed by atoms with van der Waals surface area (Å²) in [4.78, 5) is 4.70. The van der Waals surface area contributed by atoms with Crippen molar-refractivity contribution in [3.63, 3.8) is 0 Å². The van der Waals surface area contributed by atoms with E-state index in [1.165, 1.54) is 22.2 Å². The molecule has 0 spiro atoms. The van der Waals surface area contributed by atoms with Gasteiger partial charge in [0.25, 0.3) is 0 Å². The van der Waals surface area contributed by atoms with Gasteiger partial charge in [-0.3, -0.25) is 0 Å². The molecule has 0 bridgehead atoms. The summed E-state index contributed by atoms with van der Waals surface area (Å²) in [5.74, 6) is 0.855. The molecule has 4 heteroatoms. The van der Waals surface area contributed by atoms with Gasteiger partial charge in [0.1, 0.15) is 12.4 Å². The van der Waals surface area contributed by atoms with Gasteiger partial charge in [-0.25, -0.2) is 4.98 Å². The van der Waals surface area contributed by atoms with Gasteiger partial charge >= 0.3 is 0 Å². The molecule has 0 aliphatic heterocycles. The highest BCUT2D eigenvalue weighted by Gasteiger charge is 2.10. The molecule has 0 fully saturated rings. The van der Waals surface area contributed by atoms with Crippen LogP contribution in [-0.4, -0.2) is 9.55 Å². The average molecular weight is 427 g/mol. The Kier molecular flexibility index (Phi) is 5.35. The zero-order valence-corrected chi connectivity index (χ0v) is 18.1. The standard InChI is InChI=1S/C27H23ClN2O/c1-2-24-15-21-16-25(31-18-23-12-9-20-5-3-4-6-26(20)29-23)13-14-27(21)30(24)17-19-7-10-22(28)11-8-19/h3-16H,2,17-18H2,1H3. The quantitative estimate of drug-likeness (QED) is 0.291. The van der Waals surface area contributed by atoms with Crippen LogP contribution in [0.2, 0.25) is 5.02 Å². The maximum atomic E-state index is 6.08. The zero-order chi connectivity index (χ0) is 21.2. The predicted molar refractivity (Wildman–Crippen MR) is 128 cm³/mol. The van der Waals surface area contributed by atoms with Crippen LogP contribution in [0, 0.1) is 0 Å². The lowest BCUT2D eigenvalue weighted by Gasteiger charge is -2.11. The van der Waals surface area contributed by atoms with Crippen LogP contribution >= 0.6 is 11.6 Å². The Labute approximate surface area is 186 Å². The fraction of sp³-hybridized carbons (Fsp3) is 0.148. The minimum Gasteiger partial charge on any atom is -0.487 e. The van der Waals surface area contributed by atoms with Crippen molar-refractivity contribution in [2.24, 2.45) is 0 Å². The summed E-state index contributed by atoms with van der Waals surface area (Å²) in [5, 5.41) is 3.09. The number of aromatic nitrogens is 2. The van der Waals surface area contributed by atoms with Gasteiger partial charge in [0.05, 0.1) is 11.2 Å². The van der Waals surface area contributed by atoms with Crippen LogP contribution in [0.15, 0.2) is 84.9 Å². The van der Waals surface area contributed by atoms with Crippen LogP contribution < -0.4 is 4.74 Å². The van der Waals surface area contributed by atoms with Gasteiger partial charge in [0, 0.05) is 33.6 Å².